The van der Waals surface area contributed by atoms with Gasteiger partial charge in [0.05, 0.1) is 5.41 Å². The average Bonchev–Trinajstić information content (AvgIpc) is 2.75. The minimum Gasteiger partial charge on any atom is -0.481 e. The van der Waals surface area contributed by atoms with E-state index in [9.17, 15) is 19.5 Å². The number of carboxylic acid groups (broad SMARTS) is 1. The monoisotopic (exact) mass is 450 g/mol. The van der Waals surface area contributed by atoms with Crippen molar-refractivity contribution in [2.75, 3.05) is 0 Å². The predicted octanol–water partition coefficient (Wildman–Crippen LogP) is 6.07. The smallest absolute Gasteiger partial charge is 0.309 e. The number of ketones is 2. The molecule has 7 atom stereocenters. The van der Waals surface area contributed by atoms with Crippen LogP contribution in [0, 0.1) is 38.9 Å². The first-order chi connectivity index (χ1) is 15.2. The van der Waals surface area contributed by atoms with Gasteiger partial charge in [0.25, 0.3) is 0 Å². The first-order valence-corrected chi connectivity index (χ1v) is 12.7. The molecule has 1 N–H and O–H groups in total. The normalized spacial score (nSPS) is 49.0. The van der Waals surface area contributed by atoms with Crippen molar-refractivity contribution in [1.82, 2.24) is 0 Å². The third kappa shape index (κ3) is 2.67. The Morgan fingerprint density at radius 2 is 1.61 bits per heavy atom. The van der Waals surface area contributed by atoms with E-state index in [0.29, 0.717) is 5.92 Å². The van der Waals surface area contributed by atoms with Crippen LogP contribution in [0.3, 0.4) is 0 Å². The number of fused-ring (bicyclic) bond motifs is 7. The molecular weight excluding hydrogens is 412 g/mol. The van der Waals surface area contributed by atoms with Gasteiger partial charge in [-0.1, -0.05) is 52.3 Å². The summed E-state index contributed by atoms with van der Waals surface area (Å²) in [5.74, 6) is -1.36. The third-order valence-electron chi connectivity index (χ3n) is 11.5. The molecule has 5 aliphatic rings. The van der Waals surface area contributed by atoms with Crippen LogP contribution in [-0.4, -0.2) is 22.6 Å². The van der Waals surface area contributed by atoms with Crippen LogP contribution in [0.4, 0.5) is 0 Å². The van der Waals surface area contributed by atoms with Crippen molar-refractivity contribution in [3.8, 4) is 0 Å². The van der Waals surface area contributed by atoms with Gasteiger partial charge in [0.2, 0.25) is 11.6 Å². The summed E-state index contributed by atoms with van der Waals surface area (Å²) in [6.07, 6.45) is 12.6. The van der Waals surface area contributed by atoms with E-state index in [1.807, 2.05) is 13.8 Å². The van der Waals surface area contributed by atoms with E-state index in [1.165, 1.54) is 5.57 Å². The minimum atomic E-state index is -0.658. The Morgan fingerprint density at radius 3 is 2.27 bits per heavy atom. The van der Waals surface area contributed by atoms with Crippen LogP contribution in [-0.2, 0) is 14.4 Å². The number of carbonyl (C=O) groups is 3. The van der Waals surface area contributed by atoms with E-state index in [1.54, 1.807) is 6.08 Å². The first kappa shape index (κ1) is 22.8. The highest BCUT2D eigenvalue weighted by molar-refractivity contribution is 6.44. The van der Waals surface area contributed by atoms with Crippen molar-refractivity contribution in [2.24, 2.45) is 38.9 Å². The summed E-state index contributed by atoms with van der Waals surface area (Å²) in [5.41, 5.74) is 2.64. The van der Waals surface area contributed by atoms with Crippen molar-refractivity contribution in [1.29, 1.82) is 0 Å². The van der Waals surface area contributed by atoms with Gasteiger partial charge in [-0.15, -0.1) is 0 Å². The van der Waals surface area contributed by atoms with Gasteiger partial charge in [0.1, 0.15) is 0 Å². The van der Waals surface area contributed by atoms with Gasteiger partial charge in [0, 0.05) is 11.3 Å². The van der Waals surface area contributed by atoms with E-state index >= 15 is 0 Å². The maximum Gasteiger partial charge on any atom is 0.309 e. The molecule has 3 fully saturated rings. The first-order valence-electron chi connectivity index (χ1n) is 12.7. The Bertz CT molecular complexity index is 1080. The zero-order valence-electron chi connectivity index (χ0n) is 21.0. The second kappa shape index (κ2) is 6.58. The van der Waals surface area contributed by atoms with Gasteiger partial charge in [-0.3, -0.25) is 14.4 Å². The molecule has 0 spiro atoms. The summed E-state index contributed by atoms with van der Waals surface area (Å²) >= 11 is 0. The van der Waals surface area contributed by atoms with Crippen LogP contribution < -0.4 is 0 Å². The Labute approximate surface area is 197 Å². The molecule has 1 unspecified atom stereocenters. The lowest BCUT2D eigenvalue weighted by atomic mass is 9.34. The summed E-state index contributed by atoms with van der Waals surface area (Å²) in [6.45, 7) is 13.3. The molecule has 0 aromatic rings. The molecule has 33 heavy (non-hydrogen) atoms. The van der Waals surface area contributed by atoms with E-state index < -0.39 is 11.4 Å². The van der Waals surface area contributed by atoms with E-state index in [2.05, 4.69) is 39.8 Å². The summed E-state index contributed by atoms with van der Waals surface area (Å²) in [4.78, 5) is 37.2. The van der Waals surface area contributed by atoms with Gasteiger partial charge < -0.3 is 5.11 Å². The summed E-state index contributed by atoms with van der Waals surface area (Å²) in [5, 5.41) is 10.1. The standard InChI is InChI=1S/C29H38O4/c1-17-18-7-8-21-27(4,19(18)15-20(30)23(17)31)12-14-29(6)22-16-26(3,24(32)33)10-9-25(22,2)11-13-28(21,29)5/h7-8,15,17,22H,9-14,16H2,1-6H3,(H,32,33)/t17?,22-,25-,26-,27+,28-,29+/m1/s1. The van der Waals surface area contributed by atoms with Crippen LogP contribution in [0.2, 0.25) is 0 Å². The van der Waals surface area contributed by atoms with Crippen LogP contribution in [0.25, 0.3) is 0 Å². The number of aliphatic carboxylic acids is 1. The highest BCUT2D eigenvalue weighted by Crippen LogP contribution is 2.75. The number of carboxylic acids is 1. The number of hydrogen-bond acceptors (Lipinski definition) is 3. The largest absolute Gasteiger partial charge is 0.481 e. The fourth-order valence-corrected chi connectivity index (χ4v) is 8.78. The fourth-order valence-electron chi connectivity index (χ4n) is 8.78. The lowest BCUT2D eigenvalue weighted by molar-refractivity contribution is -0.178. The van der Waals surface area contributed by atoms with Crippen LogP contribution in [0.5, 0.6) is 0 Å². The lowest BCUT2D eigenvalue weighted by Crippen LogP contribution is -2.62. The molecule has 4 heteroatoms. The molecule has 4 nitrogen and oxygen atoms in total. The van der Waals surface area contributed by atoms with Gasteiger partial charge >= 0.3 is 5.97 Å². The zero-order valence-corrected chi connectivity index (χ0v) is 21.0. The summed E-state index contributed by atoms with van der Waals surface area (Å²) in [7, 11) is 0. The average molecular weight is 451 g/mol. The lowest BCUT2D eigenvalue weighted by Gasteiger charge is -2.70. The van der Waals surface area contributed by atoms with E-state index in [0.717, 1.165) is 56.1 Å². The molecule has 0 aromatic heterocycles. The Balaban J connectivity index is 1.64. The quantitative estimate of drug-likeness (QED) is 0.492. The highest BCUT2D eigenvalue weighted by atomic mass is 16.4. The summed E-state index contributed by atoms with van der Waals surface area (Å²) in [6, 6.07) is 0. The van der Waals surface area contributed by atoms with E-state index in [4.69, 9.17) is 0 Å². The number of carbonyl (C=O) groups excluding carboxylic acids is 2. The molecule has 0 aliphatic heterocycles. The van der Waals surface area contributed by atoms with Gasteiger partial charge in [0.15, 0.2) is 0 Å². The van der Waals surface area contributed by atoms with Crippen LogP contribution in [0.1, 0.15) is 86.5 Å². The molecule has 178 valence electrons. The molecule has 0 amide bonds. The van der Waals surface area contributed by atoms with Crippen molar-refractivity contribution in [2.45, 2.75) is 86.5 Å². The second-order valence-electron chi connectivity index (χ2n) is 13.1. The molecule has 0 aromatic carbocycles. The zero-order chi connectivity index (χ0) is 24.2. The Hall–Kier alpha value is -1.97. The molecular formula is C29H38O4. The summed E-state index contributed by atoms with van der Waals surface area (Å²) < 4.78 is 0. The van der Waals surface area contributed by atoms with Crippen molar-refractivity contribution in [3.63, 3.8) is 0 Å². The predicted molar refractivity (Wildman–Crippen MR) is 127 cm³/mol. The number of rotatable bonds is 1. The molecule has 5 rings (SSSR count). The van der Waals surface area contributed by atoms with Crippen LogP contribution >= 0.6 is 0 Å². The van der Waals surface area contributed by atoms with Gasteiger partial charge in [-0.2, -0.15) is 0 Å². The minimum absolute atomic E-state index is 0.00547. The maximum atomic E-state index is 12.5. The number of allylic oxidation sites excluding steroid dienone is 6. The third-order valence-corrected chi connectivity index (χ3v) is 11.5. The SMILES string of the molecule is CC1C(=O)C(=O)C=C2C1=CC=C1[C@@]2(C)CC[C@@]2(C)[C@@H]3C[C@](C)(C(=O)O)CC[C@]3(C)CC[C@]12C. The molecule has 3 saturated carbocycles. The molecule has 5 aliphatic carbocycles. The molecule has 0 heterocycles. The maximum absolute atomic E-state index is 12.5. The number of Topliss-reactive ketones (excluding diaryl/α,β-unsaturated/α-hetero) is 1. The van der Waals surface area contributed by atoms with Crippen molar-refractivity contribution < 1.29 is 19.5 Å². The fraction of sp³-hybridized carbons (Fsp3) is 0.690. The molecule has 0 bridgehead atoms. The van der Waals surface area contributed by atoms with Gasteiger partial charge in [-0.05, 0) is 91.3 Å². The van der Waals surface area contributed by atoms with E-state index in [-0.39, 0.29) is 39.1 Å². The van der Waals surface area contributed by atoms with Gasteiger partial charge in [-0.25, -0.2) is 0 Å². The van der Waals surface area contributed by atoms with Crippen LogP contribution in [0.15, 0.2) is 34.9 Å². The Morgan fingerprint density at radius 1 is 0.939 bits per heavy atom. The topological polar surface area (TPSA) is 71.4 Å². The number of hydrogen-bond donors (Lipinski definition) is 1. The highest BCUT2D eigenvalue weighted by Gasteiger charge is 2.67. The molecule has 0 radical (unpaired) electrons. The second-order valence-corrected chi connectivity index (χ2v) is 13.1. The van der Waals surface area contributed by atoms with Crippen molar-refractivity contribution in [3.05, 3.63) is 34.9 Å². The van der Waals surface area contributed by atoms with Crippen molar-refractivity contribution >= 4 is 17.5 Å². The Kier molecular flexibility index (Phi) is 4.55. The molecule has 0 saturated heterocycles.